The lowest BCUT2D eigenvalue weighted by molar-refractivity contribution is 0.354. The SMILES string of the molecule is COc1ccc([C@@H](C#N)SC2CCCCC2)cc1OC. The van der Waals surface area contributed by atoms with Crippen molar-refractivity contribution in [2.75, 3.05) is 14.2 Å². The van der Waals surface area contributed by atoms with Gasteiger partial charge in [-0.2, -0.15) is 5.26 Å². The zero-order chi connectivity index (χ0) is 14.4. The molecule has 0 heterocycles. The minimum Gasteiger partial charge on any atom is -0.493 e. The van der Waals surface area contributed by atoms with E-state index in [1.807, 2.05) is 18.2 Å². The summed E-state index contributed by atoms with van der Waals surface area (Å²) < 4.78 is 10.6. The summed E-state index contributed by atoms with van der Waals surface area (Å²) in [6, 6.07) is 8.18. The van der Waals surface area contributed by atoms with E-state index in [0.717, 1.165) is 5.56 Å². The van der Waals surface area contributed by atoms with Gasteiger partial charge in [0.15, 0.2) is 11.5 Å². The van der Waals surface area contributed by atoms with Crippen LogP contribution in [0.15, 0.2) is 18.2 Å². The highest BCUT2D eigenvalue weighted by Crippen LogP contribution is 2.40. The number of ether oxygens (including phenoxy) is 2. The molecular weight excluding hydrogens is 270 g/mol. The molecule has 3 nitrogen and oxygen atoms in total. The molecule has 20 heavy (non-hydrogen) atoms. The van der Waals surface area contributed by atoms with Crippen molar-refractivity contribution in [2.24, 2.45) is 0 Å². The molecule has 1 saturated carbocycles. The number of nitrogens with zero attached hydrogens (tertiary/aromatic N) is 1. The number of thioether (sulfide) groups is 1. The molecule has 0 amide bonds. The Hall–Kier alpha value is -1.34. The minimum absolute atomic E-state index is 0.127. The highest BCUT2D eigenvalue weighted by atomic mass is 32.2. The van der Waals surface area contributed by atoms with Crippen LogP contribution in [0.4, 0.5) is 0 Å². The van der Waals surface area contributed by atoms with Crippen molar-refractivity contribution in [3.05, 3.63) is 23.8 Å². The van der Waals surface area contributed by atoms with Gasteiger partial charge in [-0.05, 0) is 30.5 Å². The van der Waals surface area contributed by atoms with Gasteiger partial charge in [-0.15, -0.1) is 11.8 Å². The smallest absolute Gasteiger partial charge is 0.161 e. The van der Waals surface area contributed by atoms with Gasteiger partial charge in [0.1, 0.15) is 5.25 Å². The fourth-order valence-corrected chi connectivity index (χ4v) is 3.95. The molecule has 0 radical (unpaired) electrons. The van der Waals surface area contributed by atoms with Gasteiger partial charge in [0.2, 0.25) is 0 Å². The quantitative estimate of drug-likeness (QED) is 0.809. The molecule has 0 aliphatic heterocycles. The van der Waals surface area contributed by atoms with Crippen LogP contribution in [0.25, 0.3) is 0 Å². The molecule has 108 valence electrons. The molecule has 0 bridgehead atoms. The number of rotatable bonds is 5. The molecule has 4 heteroatoms. The number of benzene rings is 1. The zero-order valence-electron chi connectivity index (χ0n) is 12.1. The molecular formula is C16H21NO2S. The number of methoxy groups -OCH3 is 2. The predicted molar refractivity (Wildman–Crippen MR) is 82.4 cm³/mol. The Labute approximate surface area is 125 Å². The van der Waals surface area contributed by atoms with Crippen molar-refractivity contribution < 1.29 is 9.47 Å². The van der Waals surface area contributed by atoms with E-state index in [-0.39, 0.29) is 5.25 Å². The van der Waals surface area contributed by atoms with Gasteiger partial charge in [-0.25, -0.2) is 0 Å². The van der Waals surface area contributed by atoms with E-state index in [2.05, 4.69) is 6.07 Å². The van der Waals surface area contributed by atoms with E-state index in [9.17, 15) is 5.26 Å². The Bertz CT molecular complexity index is 478. The highest BCUT2D eigenvalue weighted by Gasteiger charge is 2.21. The van der Waals surface area contributed by atoms with Gasteiger partial charge in [-0.1, -0.05) is 25.3 Å². The predicted octanol–water partition coefficient (Wildman–Crippen LogP) is 4.33. The van der Waals surface area contributed by atoms with Crippen LogP contribution >= 0.6 is 11.8 Å². The monoisotopic (exact) mass is 291 g/mol. The molecule has 1 aliphatic rings. The largest absolute Gasteiger partial charge is 0.493 e. The van der Waals surface area contributed by atoms with E-state index in [1.54, 1.807) is 26.0 Å². The number of hydrogen-bond donors (Lipinski definition) is 0. The molecule has 1 aromatic rings. The summed E-state index contributed by atoms with van der Waals surface area (Å²) >= 11 is 1.79. The second-order valence-corrected chi connectivity index (χ2v) is 6.43. The maximum absolute atomic E-state index is 9.46. The van der Waals surface area contributed by atoms with Gasteiger partial charge < -0.3 is 9.47 Å². The number of nitriles is 1. The van der Waals surface area contributed by atoms with Gasteiger partial charge in [-0.3, -0.25) is 0 Å². The Morgan fingerprint density at radius 3 is 2.45 bits per heavy atom. The van der Waals surface area contributed by atoms with E-state index in [1.165, 1.54) is 32.1 Å². The molecule has 0 saturated heterocycles. The van der Waals surface area contributed by atoms with E-state index in [0.29, 0.717) is 16.7 Å². The lowest BCUT2D eigenvalue weighted by Gasteiger charge is -2.23. The van der Waals surface area contributed by atoms with Crippen molar-refractivity contribution in [3.63, 3.8) is 0 Å². The van der Waals surface area contributed by atoms with Gasteiger partial charge in [0.05, 0.1) is 20.3 Å². The highest BCUT2D eigenvalue weighted by molar-refractivity contribution is 8.00. The fraction of sp³-hybridized carbons (Fsp3) is 0.562. The van der Waals surface area contributed by atoms with E-state index in [4.69, 9.17) is 9.47 Å². The zero-order valence-corrected chi connectivity index (χ0v) is 12.9. The molecule has 0 N–H and O–H groups in total. The van der Waals surface area contributed by atoms with Crippen LogP contribution in [0.1, 0.15) is 42.9 Å². The van der Waals surface area contributed by atoms with Crippen molar-refractivity contribution >= 4 is 11.8 Å². The van der Waals surface area contributed by atoms with Crippen LogP contribution in [0, 0.1) is 11.3 Å². The first kappa shape index (κ1) is 15.1. The maximum atomic E-state index is 9.46. The third-order valence-corrected chi connectivity index (χ3v) is 5.21. The summed E-state index contributed by atoms with van der Waals surface area (Å²) in [4.78, 5) is 0. The van der Waals surface area contributed by atoms with Gasteiger partial charge in [0.25, 0.3) is 0 Å². The van der Waals surface area contributed by atoms with Crippen molar-refractivity contribution in [3.8, 4) is 17.6 Å². The maximum Gasteiger partial charge on any atom is 0.161 e. The van der Waals surface area contributed by atoms with Crippen molar-refractivity contribution in [1.82, 2.24) is 0 Å². The summed E-state index contributed by atoms with van der Waals surface area (Å²) in [7, 11) is 3.24. The van der Waals surface area contributed by atoms with E-state index >= 15 is 0 Å². The standard InChI is InChI=1S/C16H21NO2S/c1-18-14-9-8-12(10-15(14)19-2)16(11-17)20-13-6-4-3-5-7-13/h8-10,13,16H,3-7H2,1-2H3/t16-/m1/s1. The lowest BCUT2D eigenvalue weighted by Crippen LogP contribution is -2.10. The summed E-state index contributed by atoms with van der Waals surface area (Å²) in [6.07, 6.45) is 6.39. The topological polar surface area (TPSA) is 42.2 Å². The molecule has 0 aromatic heterocycles. The summed E-state index contributed by atoms with van der Waals surface area (Å²) in [6.45, 7) is 0. The molecule has 1 atom stereocenters. The summed E-state index contributed by atoms with van der Waals surface area (Å²) in [5.41, 5.74) is 1.00. The van der Waals surface area contributed by atoms with Gasteiger partial charge >= 0.3 is 0 Å². The van der Waals surface area contributed by atoms with Gasteiger partial charge in [0, 0.05) is 5.25 Å². The molecule has 0 unspecified atom stereocenters. The lowest BCUT2D eigenvalue weighted by atomic mass is 10.0. The number of hydrogen-bond acceptors (Lipinski definition) is 4. The van der Waals surface area contributed by atoms with Crippen LogP contribution in [-0.4, -0.2) is 19.5 Å². The fourth-order valence-electron chi connectivity index (χ4n) is 2.59. The summed E-state index contributed by atoms with van der Waals surface area (Å²) in [5, 5.41) is 9.94. The average molecular weight is 291 g/mol. The second-order valence-electron chi connectivity index (χ2n) is 5.02. The first-order chi connectivity index (χ1) is 9.78. The normalized spacial score (nSPS) is 17.2. The first-order valence-electron chi connectivity index (χ1n) is 7.05. The van der Waals surface area contributed by atoms with E-state index < -0.39 is 0 Å². The van der Waals surface area contributed by atoms with Crippen LogP contribution in [-0.2, 0) is 0 Å². The van der Waals surface area contributed by atoms with Crippen LogP contribution in [0.2, 0.25) is 0 Å². The molecule has 2 rings (SSSR count). The molecule has 1 aliphatic carbocycles. The molecule has 0 spiro atoms. The Morgan fingerprint density at radius 1 is 1.15 bits per heavy atom. The minimum atomic E-state index is -0.127. The Balaban J connectivity index is 2.12. The van der Waals surface area contributed by atoms with Crippen molar-refractivity contribution in [2.45, 2.75) is 42.6 Å². The Kier molecular flexibility index (Phi) is 5.60. The first-order valence-corrected chi connectivity index (χ1v) is 7.99. The van der Waals surface area contributed by atoms with Crippen LogP contribution in [0.5, 0.6) is 11.5 Å². The van der Waals surface area contributed by atoms with Crippen LogP contribution < -0.4 is 9.47 Å². The summed E-state index contributed by atoms with van der Waals surface area (Å²) in [5.74, 6) is 1.39. The second kappa shape index (κ2) is 7.44. The average Bonchev–Trinajstić information content (AvgIpc) is 2.53. The molecule has 1 aromatic carbocycles. The third kappa shape index (κ3) is 3.61. The Morgan fingerprint density at radius 2 is 1.85 bits per heavy atom. The third-order valence-electron chi connectivity index (χ3n) is 3.71. The van der Waals surface area contributed by atoms with Crippen LogP contribution in [0.3, 0.4) is 0 Å². The molecule has 1 fully saturated rings. The van der Waals surface area contributed by atoms with Crippen molar-refractivity contribution in [1.29, 1.82) is 5.26 Å².